The van der Waals surface area contributed by atoms with Gasteiger partial charge in [-0.2, -0.15) is 17.0 Å². The van der Waals surface area contributed by atoms with Crippen molar-refractivity contribution in [2.24, 2.45) is 0 Å². The number of nitrogens with zero attached hydrogens (tertiary/aromatic N) is 2. The molecule has 2 rings (SSSR count). The van der Waals surface area contributed by atoms with E-state index in [2.05, 4.69) is 0 Å². The average Bonchev–Trinajstić information content (AvgIpc) is 3.03. The van der Waals surface area contributed by atoms with Crippen LogP contribution in [0, 0.1) is 0 Å². The summed E-state index contributed by atoms with van der Waals surface area (Å²) in [5.74, 6) is 1.26. The summed E-state index contributed by atoms with van der Waals surface area (Å²) in [6, 6.07) is 5.36. The molecule has 0 spiro atoms. The molecule has 1 saturated heterocycles. The number of hydrogen-bond acceptors (Lipinski definition) is 4. The molecule has 1 heterocycles. The zero-order valence-electron chi connectivity index (χ0n) is 14.4. The van der Waals surface area contributed by atoms with E-state index in [-0.39, 0.29) is 12.1 Å². The van der Waals surface area contributed by atoms with Crippen LogP contribution < -0.4 is 9.47 Å². The van der Waals surface area contributed by atoms with E-state index in [0.717, 1.165) is 18.4 Å². The van der Waals surface area contributed by atoms with E-state index < -0.39 is 10.2 Å². The topological polar surface area (TPSA) is 59.1 Å². The zero-order chi connectivity index (χ0) is 17.2. The Labute approximate surface area is 139 Å². The number of ether oxygens (including phenoxy) is 2. The Bertz CT molecular complexity index is 645. The summed E-state index contributed by atoms with van der Waals surface area (Å²) >= 11 is 0. The fourth-order valence-electron chi connectivity index (χ4n) is 2.84. The maximum absolute atomic E-state index is 12.8. The van der Waals surface area contributed by atoms with Crippen molar-refractivity contribution in [1.29, 1.82) is 0 Å². The lowest BCUT2D eigenvalue weighted by atomic mass is 10.0. The summed E-state index contributed by atoms with van der Waals surface area (Å²) in [7, 11) is 1.32. The lowest BCUT2D eigenvalue weighted by Gasteiger charge is -2.31. The molecule has 0 radical (unpaired) electrons. The standard InChI is InChI=1S/C16H26N2O4S/c1-12(2)17(3)23(19,20)18-10-6-7-14(18)13-8-9-15(21-4)16(11-13)22-5/h8-9,11-12,14H,6-7,10H2,1-5H3. The molecule has 1 atom stereocenters. The van der Waals surface area contributed by atoms with Crippen LogP contribution in [0.1, 0.15) is 38.3 Å². The summed E-state index contributed by atoms with van der Waals surface area (Å²) in [5, 5.41) is 0. The molecule has 130 valence electrons. The van der Waals surface area contributed by atoms with Gasteiger partial charge >= 0.3 is 0 Å². The molecule has 1 aromatic rings. The molecule has 1 aliphatic rings. The van der Waals surface area contributed by atoms with E-state index in [1.165, 1.54) is 4.31 Å². The first-order valence-electron chi connectivity index (χ1n) is 7.79. The van der Waals surface area contributed by atoms with Crippen molar-refractivity contribution in [2.75, 3.05) is 27.8 Å². The Morgan fingerprint density at radius 1 is 1.22 bits per heavy atom. The molecular formula is C16H26N2O4S. The lowest BCUT2D eigenvalue weighted by molar-refractivity contribution is 0.323. The number of hydrogen-bond donors (Lipinski definition) is 0. The van der Waals surface area contributed by atoms with E-state index in [9.17, 15) is 8.42 Å². The predicted octanol–water partition coefficient (Wildman–Crippen LogP) is 2.43. The van der Waals surface area contributed by atoms with Crippen molar-refractivity contribution in [3.63, 3.8) is 0 Å². The third-order valence-corrected chi connectivity index (χ3v) is 6.56. The van der Waals surface area contributed by atoms with Gasteiger partial charge in [-0.1, -0.05) is 6.07 Å². The summed E-state index contributed by atoms with van der Waals surface area (Å²) in [6.07, 6.45) is 1.66. The second-order valence-electron chi connectivity index (χ2n) is 6.00. The van der Waals surface area contributed by atoms with Crippen LogP contribution in [0.2, 0.25) is 0 Å². The second kappa shape index (κ2) is 7.07. The Balaban J connectivity index is 2.36. The van der Waals surface area contributed by atoms with E-state index in [1.807, 2.05) is 32.0 Å². The highest BCUT2D eigenvalue weighted by molar-refractivity contribution is 7.86. The van der Waals surface area contributed by atoms with Crippen LogP contribution in [0.3, 0.4) is 0 Å². The van der Waals surface area contributed by atoms with Crippen LogP contribution in [0.15, 0.2) is 18.2 Å². The molecule has 1 aromatic carbocycles. The van der Waals surface area contributed by atoms with Crippen LogP contribution >= 0.6 is 0 Å². The van der Waals surface area contributed by atoms with Crippen LogP contribution in [-0.4, -0.2) is 50.9 Å². The zero-order valence-corrected chi connectivity index (χ0v) is 15.3. The first-order chi connectivity index (χ1) is 10.8. The maximum atomic E-state index is 12.8. The van der Waals surface area contributed by atoms with Crippen molar-refractivity contribution < 1.29 is 17.9 Å². The van der Waals surface area contributed by atoms with E-state index in [0.29, 0.717) is 18.0 Å². The van der Waals surface area contributed by atoms with Crippen LogP contribution in [0.5, 0.6) is 11.5 Å². The monoisotopic (exact) mass is 342 g/mol. The van der Waals surface area contributed by atoms with Crippen molar-refractivity contribution >= 4 is 10.2 Å². The van der Waals surface area contributed by atoms with E-state index in [1.54, 1.807) is 25.6 Å². The minimum Gasteiger partial charge on any atom is -0.493 e. The van der Waals surface area contributed by atoms with Gasteiger partial charge in [0.25, 0.3) is 10.2 Å². The summed E-state index contributed by atoms with van der Waals surface area (Å²) in [5.41, 5.74) is 0.931. The summed E-state index contributed by atoms with van der Waals surface area (Å²) in [4.78, 5) is 0. The van der Waals surface area contributed by atoms with Gasteiger partial charge in [0.2, 0.25) is 0 Å². The quantitative estimate of drug-likeness (QED) is 0.797. The molecular weight excluding hydrogens is 316 g/mol. The SMILES string of the molecule is COc1ccc(C2CCCN2S(=O)(=O)N(C)C(C)C)cc1OC. The van der Waals surface area contributed by atoms with Gasteiger partial charge in [-0.05, 0) is 44.4 Å². The van der Waals surface area contributed by atoms with Gasteiger partial charge in [0.05, 0.1) is 20.3 Å². The molecule has 0 N–H and O–H groups in total. The van der Waals surface area contributed by atoms with Gasteiger partial charge in [-0.25, -0.2) is 0 Å². The second-order valence-corrected chi connectivity index (χ2v) is 7.94. The van der Waals surface area contributed by atoms with E-state index in [4.69, 9.17) is 9.47 Å². The highest BCUT2D eigenvalue weighted by Crippen LogP contribution is 2.38. The molecule has 1 aliphatic heterocycles. The molecule has 1 fully saturated rings. The third kappa shape index (κ3) is 3.46. The Hall–Kier alpha value is -1.31. The fourth-order valence-corrected chi connectivity index (χ4v) is 4.61. The number of methoxy groups -OCH3 is 2. The molecule has 6 nitrogen and oxygen atoms in total. The van der Waals surface area contributed by atoms with Crippen molar-refractivity contribution in [2.45, 2.75) is 38.8 Å². The number of rotatable bonds is 6. The molecule has 0 bridgehead atoms. The van der Waals surface area contributed by atoms with Crippen LogP contribution in [0.25, 0.3) is 0 Å². The molecule has 23 heavy (non-hydrogen) atoms. The normalized spacial score (nSPS) is 19.5. The first kappa shape index (κ1) is 18.0. The Morgan fingerprint density at radius 3 is 2.43 bits per heavy atom. The van der Waals surface area contributed by atoms with Crippen LogP contribution in [0.4, 0.5) is 0 Å². The molecule has 0 amide bonds. The number of benzene rings is 1. The minimum atomic E-state index is -3.48. The van der Waals surface area contributed by atoms with Gasteiger partial charge in [0, 0.05) is 19.6 Å². The van der Waals surface area contributed by atoms with Crippen molar-refractivity contribution in [1.82, 2.24) is 8.61 Å². The third-order valence-electron chi connectivity index (χ3n) is 4.38. The molecule has 0 aliphatic carbocycles. The molecule has 7 heteroatoms. The molecule has 1 unspecified atom stereocenters. The highest BCUT2D eigenvalue weighted by Gasteiger charge is 2.38. The maximum Gasteiger partial charge on any atom is 0.282 e. The summed E-state index contributed by atoms with van der Waals surface area (Å²) in [6.45, 7) is 4.29. The largest absolute Gasteiger partial charge is 0.493 e. The fraction of sp³-hybridized carbons (Fsp3) is 0.625. The van der Waals surface area contributed by atoms with Gasteiger partial charge < -0.3 is 9.47 Å². The van der Waals surface area contributed by atoms with Gasteiger partial charge in [-0.15, -0.1) is 0 Å². The summed E-state index contributed by atoms with van der Waals surface area (Å²) < 4.78 is 39.3. The molecule has 0 saturated carbocycles. The smallest absolute Gasteiger partial charge is 0.282 e. The lowest BCUT2D eigenvalue weighted by Crippen LogP contribution is -2.44. The highest BCUT2D eigenvalue weighted by atomic mass is 32.2. The molecule has 0 aromatic heterocycles. The predicted molar refractivity (Wildman–Crippen MR) is 90.0 cm³/mol. The Morgan fingerprint density at radius 2 is 1.87 bits per heavy atom. The van der Waals surface area contributed by atoms with E-state index >= 15 is 0 Å². The first-order valence-corrected chi connectivity index (χ1v) is 9.19. The van der Waals surface area contributed by atoms with Crippen LogP contribution in [-0.2, 0) is 10.2 Å². The van der Waals surface area contributed by atoms with Crippen molar-refractivity contribution in [3.8, 4) is 11.5 Å². The average molecular weight is 342 g/mol. The minimum absolute atomic E-state index is 0.0772. The van der Waals surface area contributed by atoms with Gasteiger partial charge in [0.1, 0.15) is 0 Å². The van der Waals surface area contributed by atoms with Gasteiger partial charge in [0.15, 0.2) is 11.5 Å². The Kier molecular flexibility index (Phi) is 5.54. The van der Waals surface area contributed by atoms with Crippen molar-refractivity contribution in [3.05, 3.63) is 23.8 Å². The van der Waals surface area contributed by atoms with Gasteiger partial charge in [-0.3, -0.25) is 0 Å².